The number of benzene rings is 1. The van der Waals surface area contributed by atoms with Gasteiger partial charge in [-0.3, -0.25) is 20.3 Å². The Labute approximate surface area is 166 Å². The molecule has 28 heavy (non-hydrogen) atoms. The van der Waals surface area contributed by atoms with Crippen LogP contribution in [0.1, 0.15) is 21.7 Å². The van der Waals surface area contributed by atoms with E-state index in [1.165, 1.54) is 0 Å². The average molecular weight is 406 g/mol. The van der Waals surface area contributed by atoms with Gasteiger partial charge in [0, 0.05) is 36.8 Å². The van der Waals surface area contributed by atoms with Gasteiger partial charge in [-0.1, -0.05) is 0 Å². The lowest BCUT2D eigenvalue weighted by Gasteiger charge is -2.12. The molecule has 0 spiro atoms. The largest absolute Gasteiger partial charge is 0.497 e. The highest BCUT2D eigenvalue weighted by Crippen LogP contribution is 2.31. The number of H-pyrrole nitrogens is 2. The third kappa shape index (κ3) is 3.64. The van der Waals surface area contributed by atoms with Gasteiger partial charge in [0.25, 0.3) is 5.91 Å². The molecule has 3 heterocycles. The Balaban J connectivity index is 0.00000225. The van der Waals surface area contributed by atoms with Crippen LogP contribution in [0.3, 0.4) is 0 Å². The number of carbonyl (C=O) groups excluding carboxylic acids is 1. The van der Waals surface area contributed by atoms with E-state index in [2.05, 4.69) is 36.0 Å². The van der Waals surface area contributed by atoms with Gasteiger partial charge in [-0.15, -0.1) is 17.5 Å². The van der Waals surface area contributed by atoms with Crippen molar-refractivity contribution in [3.8, 4) is 22.9 Å². The van der Waals surface area contributed by atoms with Gasteiger partial charge in [0.05, 0.1) is 19.8 Å². The van der Waals surface area contributed by atoms with E-state index in [9.17, 15) is 4.79 Å². The highest BCUT2D eigenvalue weighted by Gasteiger charge is 2.22. The summed E-state index contributed by atoms with van der Waals surface area (Å²) in [7, 11) is 3.14. The molecule has 0 aliphatic carbocycles. The number of hydrogen-bond acceptors (Lipinski definition) is 7. The molecular formula is C17H20ClN7O3. The third-order valence-electron chi connectivity index (χ3n) is 4.40. The number of anilines is 1. The third-order valence-corrected chi connectivity index (χ3v) is 4.40. The highest BCUT2D eigenvalue weighted by molar-refractivity contribution is 6.03. The minimum absolute atomic E-state index is 0. The van der Waals surface area contributed by atoms with E-state index >= 15 is 0 Å². The molecule has 148 valence electrons. The van der Waals surface area contributed by atoms with Gasteiger partial charge in [-0.05, 0) is 12.1 Å². The van der Waals surface area contributed by atoms with E-state index in [1.807, 2.05) is 0 Å². The molecule has 0 bridgehead atoms. The average Bonchev–Trinajstić information content (AvgIpc) is 3.34. The van der Waals surface area contributed by atoms with Gasteiger partial charge in [0.2, 0.25) is 5.95 Å². The summed E-state index contributed by atoms with van der Waals surface area (Å²) in [6, 6.07) is 5.35. The summed E-state index contributed by atoms with van der Waals surface area (Å²) in [6.07, 6.45) is 0.817. The molecule has 0 unspecified atom stereocenters. The van der Waals surface area contributed by atoms with Gasteiger partial charge >= 0.3 is 0 Å². The molecular weight excluding hydrogens is 386 g/mol. The second kappa shape index (κ2) is 8.28. The predicted molar refractivity (Wildman–Crippen MR) is 104 cm³/mol. The normalized spacial score (nSPS) is 12.6. The molecule has 1 aromatic carbocycles. The number of carbonyl (C=O) groups is 1. The molecule has 4 N–H and O–H groups in total. The summed E-state index contributed by atoms with van der Waals surface area (Å²) in [4.78, 5) is 16.9. The monoisotopic (exact) mass is 405 g/mol. The Kier molecular flexibility index (Phi) is 5.81. The molecule has 1 amide bonds. The summed E-state index contributed by atoms with van der Waals surface area (Å²) in [6.45, 7) is 1.47. The second-order valence-electron chi connectivity index (χ2n) is 5.98. The van der Waals surface area contributed by atoms with E-state index in [4.69, 9.17) is 9.47 Å². The number of nitrogens with one attached hydrogen (secondary N) is 4. The van der Waals surface area contributed by atoms with Crippen molar-refractivity contribution in [2.75, 3.05) is 26.1 Å². The van der Waals surface area contributed by atoms with Gasteiger partial charge in [-0.2, -0.15) is 10.1 Å². The van der Waals surface area contributed by atoms with Crippen LogP contribution in [-0.2, 0) is 13.0 Å². The number of amides is 1. The highest BCUT2D eigenvalue weighted by atomic mass is 35.5. The lowest BCUT2D eigenvalue weighted by Crippen LogP contribution is -2.25. The first-order chi connectivity index (χ1) is 13.2. The second-order valence-corrected chi connectivity index (χ2v) is 5.98. The molecule has 4 rings (SSSR count). The van der Waals surface area contributed by atoms with Gasteiger partial charge in [-0.25, -0.2) is 0 Å². The van der Waals surface area contributed by atoms with Crippen molar-refractivity contribution in [2.45, 2.75) is 13.0 Å². The lowest BCUT2D eigenvalue weighted by atomic mass is 10.1. The predicted octanol–water partition coefficient (Wildman–Crippen LogP) is 1.53. The smallest absolute Gasteiger partial charge is 0.278 e. The Hall–Kier alpha value is -3.11. The Morgan fingerprint density at radius 2 is 2.04 bits per heavy atom. The Morgan fingerprint density at radius 1 is 1.18 bits per heavy atom. The molecule has 0 saturated heterocycles. The van der Waals surface area contributed by atoms with E-state index < -0.39 is 0 Å². The van der Waals surface area contributed by atoms with Crippen LogP contribution in [0, 0.1) is 0 Å². The minimum Gasteiger partial charge on any atom is -0.497 e. The van der Waals surface area contributed by atoms with Gasteiger partial charge in [0.15, 0.2) is 11.5 Å². The summed E-state index contributed by atoms with van der Waals surface area (Å²) >= 11 is 0. The molecule has 0 atom stereocenters. The van der Waals surface area contributed by atoms with Crippen LogP contribution >= 0.6 is 12.4 Å². The SMILES string of the molecule is COc1ccc(-c2nc(NC(=O)c3n[nH]c4c3CNCC4)n[nH]2)c(OC)c1.Cl. The number of methoxy groups -OCH3 is 2. The number of hydrogen-bond donors (Lipinski definition) is 4. The van der Waals surface area contributed by atoms with Crippen LogP contribution in [0.2, 0.25) is 0 Å². The van der Waals surface area contributed by atoms with E-state index in [-0.39, 0.29) is 24.3 Å². The summed E-state index contributed by atoms with van der Waals surface area (Å²) in [5.74, 6) is 1.52. The number of nitrogens with zero attached hydrogens (tertiary/aromatic N) is 3. The van der Waals surface area contributed by atoms with E-state index in [0.29, 0.717) is 35.1 Å². The number of rotatable bonds is 5. The lowest BCUT2D eigenvalue weighted by molar-refractivity contribution is 0.102. The fraction of sp³-hybridized carbons (Fsp3) is 0.294. The zero-order chi connectivity index (χ0) is 18.8. The summed E-state index contributed by atoms with van der Waals surface area (Å²) in [5, 5.41) is 19.8. The number of ether oxygens (including phenoxy) is 2. The van der Waals surface area contributed by atoms with Crippen LogP contribution in [0.5, 0.6) is 11.5 Å². The van der Waals surface area contributed by atoms with E-state index in [1.54, 1.807) is 32.4 Å². The number of aromatic nitrogens is 5. The molecule has 11 heteroatoms. The quantitative estimate of drug-likeness (QED) is 0.506. The Bertz CT molecular complexity index is 985. The number of fused-ring (bicyclic) bond motifs is 1. The maximum absolute atomic E-state index is 12.5. The Morgan fingerprint density at radius 3 is 2.82 bits per heavy atom. The van der Waals surface area contributed by atoms with Crippen molar-refractivity contribution in [3.63, 3.8) is 0 Å². The van der Waals surface area contributed by atoms with E-state index in [0.717, 1.165) is 24.2 Å². The van der Waals surface area contributed by atoms with Gasteiger partial charge in [0.1, 0.15) is 11.5 Å². The van der Waals surface area contributed by atoms with Crippen molar-refractivity contribution >= 4 is 24.3 Å². The summed E-state index contributed by atoms with van der Waals surface area (Å²) in [5.41, 5.74) is 2.92. The molecule has 1 aliphatic heterocycles. The molecule has 3 aromatic rings. The molecule has 2 aromatic heterocycles. The zero-order valence-electron chi connectivity index (χ0n) is 15.3. The van der Waals surface area contributed by atoms with Crippen LogP contribution in [-0.4, -0.2) is 52.1 Å². The first kappa shape index (κ1) is 19.6. The molecule has 0 radical (unpaired) electrons. The van der Waals surface area contributed by atoms with Gasteiger partial charge < -0.3 is 14.8 Å². The van der Waals surface area contributed by atoms with Crippen LogP contribution in [0.25, 0.3) is 11.4 Å². The van der Waals surface area contributed by atoms with Crippen molar-refractivity contribution in [1.82, 2.24) is 30.7 Å². The van der Waals surface area contributed by atoms with Crippen LogP contribution in [0.4, 0.5) is 5.95 Å². The first-order valence-corrected chi connectivity index (χ1v) is 8.42. The minimum atomic E-state index is -0.358. The molecule has 0 saturated carbocycles. The topological polar surface area (TPSA) is 130 Å². The fourth-order valence-electron chi connectivity index (χ4n) is 3.01. The molecule has 10 nitrogen and oxygen atoms in total. The standard InChI is InChI=1S/C17H19N7O3.ClH/c1-26-9-3-4-10(13(7-9)27-2)15-19-17(24-23-15)20-16(25)14-11-8-18-6-5-12(11)21-22-14;/h3-4,7,18H,5-6,8H2,1-2H3,(H,21,22)(H2,19,20,23,24,25);1H. The van der Waals surface area contributed by atoms with Crippen molar-refractivity contribution < 1.29 is 14.3 Å². The number of aromatic amines is 2. The van der Waals surface area contributed by atoms with Crippen molar-refractivity contribution in [1.29, 1.82) is 0 Å². The van der Waals surface area contributed by atoms with Crippen LogP contribution in [0.15, 0.2) is 18.2 Å². The zero-order valence-corrected chi connectivity index (χ0v) is 16.1. The molecule has 0 fully saturated rings. The first-order valence-electron chi connectivity index (χ1n) is 8.42. The maximum atomic E-state index is 12.5. The maximum Gasteiger partial charge on any atom is 0.278 e. The fourth-order valence-corrected chi connectivity index (χ4v) is 3.01. The summed E-state index contributed by atoms with van der Waals surface area (Å²) < 4.78 is 10.6. The number of halogens is 1. The van der Waals surface area contributed by atoms with Crippen molar-refractivity contribution in [3.05, 3.63) is 35.2 Å². The van der Waals surface area contributed by atoms with Crippen molar-refractivity contribution in [2.24, 2.45) is 0 Å². The molecule has 1 aliphatic rings. The van der Waals surface area contributed by atoms with Crippen LogP contribution < -0.4 is 20.1 Å².